The Morgan fingerprint density at radius 2 is 2.22 bits per heavy atom. The summed E-state index contributed by atoms with van der Waals surface area (Å²) < 4.78 is 0. The predicted molar refractivity (Wildman–Crippen MR) is 38.9 cm³/mol. The highest BCUT2D eigenvalue weighted by Gasteiger charge is 1.87. The zero-order valence-electron chi connectivity index (χ0n) is 5.46. The number of hydrogen-bond donors (Lipinski definition) is 2. The van der Waals surface area contributed by atoms with Gasteiger partial charge in [-0.3, -0.25) is 0 Å². The molecular formula is C7H11NO. The number of allylic oxidation sites excluding steroid dienone is 3. The van der Waals surface area contributed by atoms with Gasteiger partial charge in [-0.15, -0.1) is 0 Å². The van der Waals surface area contributed by atoms with E-state index < -0.39 is 0 Å². The molecule has 0 bridgehead atoms. The standard InChI is InChI=1S/C7H11NO/c1-3-6(2)7(9)4-5-8/h3-5,9H,1,8H2,2H3/b5-4-,7-6+. The van der Waals surface area contributed by atoms with Gasteiger partial charge >= 0.3 is 0 Å². The Morgan fingerprint density at radius 1 is 1.67 bits per heavy atom. The van der Waals surface area contributed by atoms with Crippen molar-refractivity contribution in [1.82, 2.24) is 0 Å². The van der Waals surface area contributed by atoms with E-state index in [0.717, 1.165) is 5.57 Å². The van der Waals surface area contributed by atoms with Crippen molar-refractivity contribution in [3.8, 4) is 0 Å². The predicted octanol–water partition coefficient (Wildman–Crippen LogP) is 1.48. The maximum Gasteiger partial charge on any atom is 0.119 e. The van der Waals surface area contributed by atoms with Gasteiger partial charge in [-0.05, 0) is 24.8 Å². The Bertz CT molecular complexity index is 156. The molecule has 0 radical (unpaired) electrons. The van der Waals surface area contributed by atoms with E-state index in [1.807, 2.05) is 0 Å². The Kier molecular flexibility index (Phi) is 3.28. The molecule has 0 aromatic heterocycles. The van der Waals surface area contributed by atoms with Gasteiger partial charge < -0.3 is 10.8 Å². The molecule has 0 aliphatic heterocycles. The molecule has 0 unspecified atom stereocenters. The molecule has 2 heteroatoms. The molecule has 0 aromatic rings. The Labute approximate surface area is 55.0 Å². The highest BCUT2D eigenvalue weighted by molar-refractivity contribution is 5.24. The Hall–Kier alpha value is -1.18. The summed E-state index contributed by atoms with van der Waals surface area (Å²) in [6.07, 6.45) is 4.26. The average Bonchev–Trinajstić information content (AvgIpc) is 1.87. The lowest BCUT2D eigenvalue weighted by Gasteiger charge is -1.92. The summed E-state index contributed by atoms with van der Waals surface area (Å²) in [5.74, 6) is 0.160. The maximum atomic E-state index is 8.96. The highest BCUT2D eigenvalue weighted by Crippen LogP contribution is 2.00. The quantitative estimate of drug-likeness (QED) is 0.433. The van der Waals surface area contributed by atoms with E-state index in [-0.39, 0.29) is 5.76 Å². The molecule has 0 saturated carbocycles. The number of aliphatic hydroxyl groups is 1. The topological polar surface area (TPSA) is 46.2 Å². The van der Waals surface area contributed by atoms with Crippen LogP contribution in [0.25, 0.3) is 0 Å². The second-order valence-corrected chi connectivity index (χ2v) is 1.63. The van der Waals surface area contributed by atoms with Crippen molar-refractivity contribution in [2.24, 2.45) is 5.73 Å². The second kappa shape index (κ2) is 3.78. The third-order valence-corrected chi connectivity index (χ3v) is 0.964. The fourth-order valence-corrected chi connectivity index (χ4v) is 0.327. The fourth-order valence-electron chi connectivity index (χ4n) is 0.327. The van der Waals surface area contributed by atoms with Crippen molar-refractivity contribution in [3.05, 3.63) is 36.3 Å². The van der Waals surface area contributed by atoms with Crippen molar-refractivity contribution < 1.29 is 5.11 Å². The third kappa shape index (κ3) is 2.59. The molecule has 0 heterocycles. The largest absolute Gasteiger partial charge is 0.508 e. The Balaban J connectivity index is 4.27. The van der Waals surface area contributed by atoms with Crippen LogP contribution in [-0.2, 0) is 0 Å². The molecule has 0 fully saturated rings. The second-order valence-electron chi connectivity index (χ2n) is 1.63. The van der Waals surface area contributed by atoms with E-state index in [1.165, 1.54) is 12.3 Å². The van der Waals surface area contributed by atoms with Crippen LogP contribution in [0.4, 0.5) is 0 Å². The monoisotopic (exact) mass is 125 g/mol. The van der Waals surface area contributed by atoms with Gasteiger partial charge in [0.2, 0.25) is 0 Å². The van der Waals surface area contributed by atoms with Gasteiger partial charge in [0.25, 0.3) is 0 Å². The lowest BCUT2D eigenvalue weighted by molar-refractivity contribution is 0.427. The zero-order valence-corrected chi connectivity index (χ0v) is 5.46. The molecule has 9 heavy (non-hydrogen) atoms. The van der Waals surface area contributed by atoms with Gasteiger partial charge in [0, 0.05) is 0 Å². The van der Waals surface area contributed by atoms with E-state index in [9.17, 15) is 0 Å². The van der Waals surface area contributed by atoms with E-state index >= 15 is 0 Å². The molecule has 3 N–H and O–H groups in total. The number of hydrogen-bond acceptors (Lipinski definition) is 2. The molecule has 0 aliphatic rings. The van der Waals surface area contributed by atoms with Crippen molar-refractivity contribution in [2.75, 3.05) is 0 Å². The average molecular weight is 125 g/mol. The third-order valence-electron chi connectivity index (χ3n) is 0.964. The van der Waals surface area contributed by atoms with Crippen LogP contribution in [0.15, 0.2) is 36.3 Å². The first-order valence-electron chi connectivity index (χ1n) is 2.63. The summed E-state index contributed by atoms with van der Waals surface area (Å²) in [7, 11) is 0. The normalized spacial score (nSPS) is 13.4. The molecule has 0 amide bonds. The van der Waals surface area contributed by atoms with Gasteiger partial charge in [-0.2, -0.15) is 0 Å². The van der Waals surface area contributed by atoms with E-state index in [0.29, 0.717) is 0 Å². The molecule has 0 saturated heterocycles. The maximum absolute atomic E-state index is 8.96. The molecule has 50 valence electrons. The van der Waals surface area contributed by atoms with Crippen LogP contribution < -0.4 is 5.73 Å². The summed E-state index contributed by atoms with van der Waals surface area (Å²) in [5.41, 5.74) is 5.73. The minimum atomic E-state index is 0.160. The molecule has 0 rings (SSSR count). The van der Waals surface area contributed by atoms with Crippen molar-refractivity contribution in [3.63, 3.8) is 0 Å². The smallest absolute Gasteiger partial charge is 0.119 e. The first-order chi connectivity index (χ1) is 4.22. The molecular weight excluding hydrogens is 114 g/mol. The summed E-state index contributed by atoms with van der Waals surface area (Å²) in [6, 6.07) is 0. The van der Waals surface area contributed by atoms with Crippen LogP contribution in [0.3, 0.4) is 0 Å². The van der Waals surface area contributed by atoms with Gasteiger partial charge in [0.15, 0.2) is 0 Å². The lowest BCUT2D eigenvalue weighted by atomic mass is 10.2. The van der Waals surface area contributed by atoms with Crippen LogP contribution in [0.5, 0.6) is 0 Å². The minimum Gasteiger partial charge on any atom is -0.508 e. The molecule has 2 nitrogen and oxygen atoms in total. The summed E-state index contributed by atoms with van der Waals surface area (Å²) in [6.45, 7) is 5.22. The molecule has 0 aromatic carbocycles. The fraction of sp³-hybridized carbons (Fsp3) is 0.143. The number of rotatable bonds is 2. The van der Waals surface area contributed by atoms with Crippen LogP contribution >= 0.6 is 0 Å². The van der Waals surface area contributed by atoms with Crippen LogP contribution in [0, 0.1) is 0 Å². The van der Waals surface area contributed by atoms with E-state index in [2.05, 4.69) is 6.58 Å². The van der Waals surface area contributed by atoms with E-state index in [4.69, 9.17) is 10.8 Å². The molecule has 0 spiro atoms. The first kappa shape index (κ1) is 7.82. The molecule has 0 atom stereocenters. The van der Waals surface area contributed by atoms with Crippen molar-refractivity contribution in [2.45, 2.75) is 6.92 Å². The highest BCUT2D eigenvalue weighted by atomic mass is 16.3. The zero-order chi connectivity index (χ0) is 7.28. The van der Waals surface area contributed by atoms with Gasteiger partial charge in [-0.1, -0.05) is 12.7 Å². The van der Waals surface area contributed by atoms with Gasteiger partial charge in [-0.25, -0.2) is 0 Å². The number of aliphatic hydroxyl groups excluding tert-OH is 1. The minimum absolute atomic E-state index is 0.160. The lowest BCUT2D eigenvalue weighted by Crippen LogP contribution is -1.82. The number of nitrogens with two attached hydrogens (primary N) is 1. The van der Waals surface area contributed by atoms with Crippen LogP contribution in [0.1, 0.15) is 6.92 Å². The SMILES string of the molecule is C=C/C(C)=C(O)\C=C/N. The Morgan fingerprint density at radius 3 is 2.56 bits per heavy atom. The van der Waals surface area contributed by atoms with Crippen molar-refractivity contribution in [1.29, 1.82) is 0 Å². The molecule has 0 aliphatic carbocycles. The first-order valence-corrected chi connectivity index (χ1v) is 2.63. The summed E-state index contributed by atoms with van der Waals surface area (Å²) in [5, 5.41) is 8.96. The van der Waals surface area contributed by atoms with E-state index in [1.54, 1.807) is 13.0 Å². The summed E-state index contributed by atoms with van der Waals surface area (Å²) in [4.78, 5) is 0. The van der Waals surface area contributed by atoms with Crippen molar-refractivity contribution >= 4 is 0 Å². The summed E-state index contributed by atoms with van der Waals surface area (Å²) >= 11 is 0. The van der Waals surface area contributed by atoms with Gasteiger partial charge in [0.1, 0.15) is 5.76 Å². The van der Waals surface area contributed by atoms with Crippen LogP contribution in [0.2, 0.25) is 0 Å². The van der Waals surface area contributed by atoms with Gasteiger partial charge in [0.05, 0.1) is 0 Å². The van der Waals surface area contributed by atoms with Crippen LogP contribution in [-0.4, -0.2) is 5.11 Å².